The van der Waals surface area contributed by atoms with Crippen LogP contribution in [0.2, 0.25) is 0 Å². The predicted molar refractivity (Wildman–Crippen MR) is 85.8 cm³/mol. The van der Waals surface area contributed by atoms with E-state index in [1.807, 2.05) is 0 Å². The van der Waals surface area contributed by atoms with Gasteiger partial charge in [-0.3, -0.25) is 0 Å². The second-order valence-corrected chi connectivity index (χ2v) is 6.71. The van der Waals surface area contributed by atoms with Crippen molar-refractivity contribution in [1.29, 1.82) is 0 Å². The number of carbonyl (C=O) groups excluding carboxylic acids is 1. The van der Waals surface area contributed by atoms with Crippen molar-refractivity contribution in [2.24, 2.45) is 0 Å². The van der Waals surface area contributed by atoms with Crippen LogP contribution in [-0.4, -0.2) is 40.0 Å². The van der Waals surface area contributed by atoms with E-state index in [0.717, 1.165) is 0 Å². The number of ether oxygens (including phenoxy) is 1. The first kappa shape index (κ1) is 18.0. The fourth-order valence-electron chi connectivity index (χ4n) is 1.73. The van der Waals surface area contributed by atoms with Gasteiger partial charge in [-0.25, -0.2) is 13.2 Å². The van der Waals surface area contributed by atoms with Gasteiger partial charge in [0.2, 0.25) is 9.84 Å². The van der Waals surface area contributed by atoms with Crippen LogP contribution < -0.4 is 0 Å². The topological polar surface area (TPSA) is 63.7 Å². The van der Waals surface area contributed by atoms with Gasteiger partial charge in [0.05, 0.1) is 11.5 Å². The van der Waals surface area contributed by atoms with Gasteiger partial charge in [-0.2, -0.15) is 0 Å². The Morgan fingerprint density at radius 2 is 1.82 bits per heavy atom. The molecule has 0 amide bonds. The summed E-state index contributed by atoms with van der Waals surface area (Å²) in [6.07, 6.45) is 3.25. The van der Waals surface area contributed by atoms with Gasteiger partial charge >= 0.3 is 5.97 Å². The van der Waals surface area contributed by atoms with E-state index in [-0.39, 0.29) is 16.4 Å². The Labute approximate surface area is 131 Å². The van der Waals surface area contributed by atoms with Crippen LogP contribution in [0.3, 0.4) is 0 Å². The molecule has 0 saturated heterocycles. The molecule has 0 N–H and O–H groups in total. The zero-order valence-corrected chi connectivity index (χ0v) is 14.1. The molecule has 120 valence electrons. The third kappa shape index (κ3) is 4.46. The van der Waals surface area contributed by atoms with Gasteiger partial charge in [0, 0.05) is 14.1 Å². The lowest BCUT2D eigenvalue weighted by molar-refractivity contribution is -0.137. The molecule has 6 heteroatoms. The summed E-state index contributed by atoms with van der Waals surface area (Å²) in [5.74, 6) is -0.841. The first-order valence-corrected chi connectivity index (χ1v) is 8.31. The van der Waals surface area contributed by atoms with Crippen molar-refractivity contribution in [2.75, 3.05) is 20.7 Å². The molecule has 0 aromatic heterocycles. The van der Waals surface area contributed by atoms with E-state index in [2.05, 4.69) is 0 Å². The summed E-state index contributed by atoms with van der Waals surface area (Å²) >= 11 is 0. The molecular weight excluding hydrogens is 302 g/mol. The molecule has 1 rings (SSSR count). The van der Waals surface area contributed by atoms with Gasteiger partial charge < -0.3 is 9.64 Å². The lowest BCUT2D eigenvalue weighted by Gasteiger charge is -2.11. The number of rotatable bonds is 6. The van der Waals surface area contributed by atoms with Crippen molar-refractivity contribution >= 4 is 15.8 Å². The third-order valence-corrected chi connectivity index (χ3v) is 4.68. The van der Waals surface area contributed by atoms with Gasteiger partial charge in [0.15, 0.2) is 4.91 Å². The second kappa shape index (κ2) is 7.79. The maximum Gasteiger partial charge on any atom is 0.350 e. The molecule has 1 aromatic carbocycles. The van der Waals surface area contributed by atoms with Gasteiger partial charge in [0.25, 0.3) is 0 Å². The van der Waals surface area contributed by atoms with Crippen LogP contribution in [0.15, 0.2) is 58.0 Å². The maximum absolute atomic E-state index is 12.7. The Morgan fingerprint density at radius 1 is 1.23 bits per heavy atom. The molecule has 0 aliphatic rings. The minimum absolute atomic E-state index is 0.0654. The number of hydrogen-bond donors (Lipinski definition) is 0. The Hall–Kier alpha value is -2.08. The summed E-state index contributed by atoms with van der Waals surface area (Å²) < 4.78 is 30.4. The first-order valence-electron chi connectivity index (χ1n) is 6.83. The zero-order chi connectivity index (χ0) is 16.8. The molecule has 0 unspecified atom stereocenters. The molecular formula is C16H21NO4S. The van der Waals surface area contributed by atoms with Crippen molar-refractivity contribution in [1.82, 2.24) is 4.90 Å². The summed E-state index contributed by atoms with van der Waals surface area (Å²) in [5, 5.41) is 0. The standard InChI is InChI=1S/C16H21NO4S/c1-5-21-16(18)15(13(2)11-12-17(3)4)22(19,20)14-9-7-6-8-10-14/h6-12H,5H2,1-4H3/b12-11+,15-13-. The number of hydrogen-bond acceptors (Lipinski definition) is 5. The molecule has 0 spiro atoms. The summed E-state index contributed by atoms with van der Waals surface area (Å²) in [5.41, 5.74) is 0.330. The van der Waals surface area contributed by atoms with Crippen LogP contribution in [0, 0.1) is 0 Å². The van der Waals surface area contributed by atoms with Crippen LogP contribution in [0.25, 0.3) is 0 Å². The highest BCUT2D eigenvalue weighted by Crippen LogP contribution is 2.24. The van der Waals surface area contributed by atoms with Crippen LogP contribution in [0.4, 0.5) is 0 Å². The van der Waals surface area contributed by atoms with Crippen molar-refractivity contribution < 1.29 is 17.9 Å². The van der Waals surface area contributed by atoms with Gasteiger partial charge in [-0.15, -0.1) is 0 Å². The highest BCUT2D eigenvalue weighted by molar-refractivity contribution is 7.96. The van der Waals surface area contributed by atoms with Crippen molar-refractivity contribution in [3.8, 4) is 0 Å². The van der Waals surface area contributed by atoms with Crippen LogP contribution in [-0.2, 0) is 19.4 Å². The monoisotopic (exact) mass is 323 g/mol. The minimum Gasteiger partial charge on any atom is -0.462 e. The summed E-state index contributed by atoms with van der Waals surface area (Å²) in [4.78, 5) is 13.6. The normalized spacial score (nSPS) is 12.9. The van der Waals surface area contributed by atoms with Crippen molar-refractivity contribution in [3.05, 3.63) is 53.1 Å². The molecule has 22 heavy (non-hydrogen) atoms. The van der Waals surface area contributed by atoms with Gasteiger partial charge in [-0.1, -0.05) is 18.2 Å². The van der Waals surface area contributed by atoms with E-state index in [1.165, 1.54) is 12.1 Å². The van der Waals surface area contributed by atoms with Crippen molar-refractivity contribution in [3.63, 3.8) is 0 Å². The van der Waals surface area contributed by atoms with Crippen LogP contribution in [0.1, 0.15) is 13.8 Å². The molecule has 1 aromatic rings. The summed E-state index contributed by atoms with van der Waals surface area (Å²) in [7, 11) is -0.324. The number of carbonyl (C=O) groups is 1. The number of allylic oxidation sites excluding steroid dienone is 2. The molecule has 0 aliphatic carbocycles. The fourth-order valence-corrected chi connectivity index (χ4v) is 3.25. The fraction of sp³-hybridized carbons (Fsp3) is 0.312. The predicted octanol–water partition coefficient (Wildman–Crippen LogP) is 2.37. The third-order valence-electron chi connectivity index (χ3n) is 2.76. The van der Waals surface area contributed by atoms with Crippen molar-refractivity contribution in [2.45, 2.75) is 18.7 Å². The molecule has 0 radical (unpaired) electrons. The Bertz CT molecular complexity index is 673. The Morgan fingerprint density at radius 3 is 2.32 bits per heavy atom. The maximum atomic E-state index is 12.7. The van der Waals surface area contributed by atoms with Gasteiger partial charge in [0.1, 0.15) is 0 Å². The smallest absolute Gasteiger partial charge is 0.350 e. The highest BCUT2D eigenvalue weighted by Gasteiger charge is 2.29. The zero-order valence-electron chi connectivity index (χ0n) is 13.2. The van der Waals surface area contributed by atoms with Crippen LogP contribution >= 0.6 is 0 Å². The Kier molecular flexibility index (Phi) is 6.37. The highest BCUT2D eigenvalue weighted by atomic mass is 32.2. The number of esters is 1. The van der Waals surface area contributed by atoms with Crippen LogP contribution in [0.5, 0.6) is 0 Å². The quantitative estimate of drug-likeness (QED) is 0.457. The van der Waals surface area contributed by atoms with E-state index in [0.29, 0.717) is 5.57 Å². The van der Waals surface area contributed by atoms with Gasteiger partial charge in [-0.05, 0) is 43.8 Å². The molecule has 0 aliphatic heterocycles. The molecule has 5 nitrogen and oxygen atoms in total. The van der Waals surface area contributed by atoms with E-state index in [1.54, 1.807) is 63.3 Å². The molecule has 0 heterocycles. The summed E-state index contributed by atoms with van der Waals surface area (Å²) in [6.45, 7) is 3.32. The lowest BCUT2D eigenvalue weighted by atomic mass is 10.2. The SMILES string of the molecule is CCOC(=O)/C(=C(C)/C=C/N(C)C)S(=O)(=O)c1ccccc1. The average Bonchev–Trinajstić information content (AvgIpc) is 2.46. The molecule has 0 atom stereocenters. The number of sulfone groups is 1. The molecule has 0 saturated carbocycles. The second-order valence-electron chi connectivity index (χ2n) is 4.83. The minimum atomic E-state index is -3.93. The first-order chi connectivity index (χ1) is 10.3. The number of benzene rings is 1. The van der Waals surface area contributed by atoms with E-state index in [9.17, 15) is 13.2 Å². The van der Waals surface area contributed by atoms with E-state index >= 15 is 0 Å². The summed E-state index contributed by atoms with van der Waals surface area (Å²) in [6, 6.07) is 7.85. The van der Waals surface area contributed by atoms with E-state index in [4.69, 9.17) is 4.74 Å². The average molecular weight is 323 g/mol. The molecule has 0 bridgehead atoms. The Balaban J connectivity index is 3.45. The van der Waals surface area contributed by atoms with E-state index < -0.39 is 15.8 Å². The lowest BCUT2D eigenvalue weighted by Crippen LogP contribution is -2.18. The largest absolute Gasteiger partial charge is 0.462 e. The number of nitrogens with zero attached hydrogens (tertiary/aromatic N) is 1. The molecule has 0 fully saturated rings.